The number of esters is 1. The molecule has 4 heteroatoms. The van der Waals surface area contributed by atoms with Crippen LogP contribution in [0.5, 0.6) is 0 Å². The van der Waals surface area contributed by atoms with Crippen molar-refractivity contribution in [1.82, 2.24) is 0 Å². The number of rotatable bonds is 7. The Labute approximate surface area is 197 Å². The number of allylic oxidation sites excluding steroid dienone is 1. The molecule has 3 aromatic rings. The van der Waals surface area contributed by atoms with E-state index in [0.717, 1.165) is 40.1 Å². The molecule has 1 heterocycles. The van der Waals surface area contributed by atoms with Crippen LogP contribution in [0.3, 0.4) is 0 Å². The first-order valence-corrected chi connectivity index (χ1v) is 11.4. The smallest absolute Gasteiger partial charge is 0.310 e. The maximum absolute atomic E-state index is 12.6. The van der Waals surface area contributed by atoms with Gasteiger partial charge in [0.2, 0.25) is 0 Å². The summed E-state index contributed by atoms with van der Waals surface area (Å²) in [7, 11) is 8.18. The predicted octanol–water partition coefficient (Wildman–Crippen LogP) is 5.60. The fourth-order valence-electron chi connectivity index (χ4n) is 4.37. The van der Waals surface area contributed by atoms with Gasteiger partial charge in [0.1, 0.15) is 0 Å². The van der Waals surface area contributed by atoms with Gasteiger partial charge in [-0.3, -0.25) is 4.79 Å². The van der Waals surface area contributed by atoms with Crippen molar-refractivity contribution in [2.24, 2.45) is 5.92 Å². The maximum Gasteiger partial charge on any atom is 0.310 e. The molecule has 4 nitrogen and oxygen atoms in total. The summed E-state index contributed by atoms with van der Waals surface area (Å²) in [6, 6.07) is 27.5. The number of nitrogens with zero attached hydrogens (tertiary/aromatic N) is 2. The molecule has 2 unspecified atom stereocenters. The second-order valence-electron chi connectivity index (χ2n) is 8.96. The highest BCUT2D eigenvalue weighted by molar-refractivity contribution is 5.83. The molecule has 1 saturated heterocycles. The van der Waals surface area contributed by atoms with Crippen LogP contribution in [0, 0.1) is 5.92 Å². The molecule has 0 aliphatic carbocycles. The third kappa shape index (κ3) is 5.11. The Balaban J connectivity index is 1.84. The summed E-state index contributed by atoms with van der Waals surface area (Å²) in [5.74, 6) is -0.340. The summed E-state index contributed by atoms with van der Waals surface area (Å²) in [6.07, 6.45) is 3.00. The van der Waals surface area contributed by atoms with Gasteiger partial charge in [0.05, 0.1) is 12.5 Å². The van der Waals surface area contributed by atoms with E-state index >= 15 is 0 Å². The van der Waals surface area contributed by atoms with Crippen LogP contribution in [-0.4, -0.2) is 40.8 Å². The molecular formula is C29H32N2O2. The van der Waals surface area contributed by atoms with Crippen LogP contribution in [-0.2, 0) is 9.53 Å². The zero-order chi connectivity index (χ0) is 23.4. The third-order valence-electron chi connectivity index (χ3n) is 6.33. The summed E-state index contributed by atoms with van der Waals surface area (Å²) < 4.78 is 5.37. The van der Waals surface area contributed by atoms with Crippen molar-refractivity contribution < 1.29 is 9.53 Å². The molecule has 3 aromatic carbocycles. The lowest BCUT2D eigenvalue weighted by Crippen LogP contribution is -2.17. The highest BCUT2D eigenvalue weighted by Crippen LogP contribution is 2.37. The fraction of sp³-hybridized carbons (Fsp3) is 0.276. The highest BCUT2D eigenvalue weighted by atomic mass is 16.5. The number of hydrogen-bond acceptors (Lipinski definition) is 4. The van der Waals surface area contributed by atoms with Gasteiger partial charge in [-0.05, 0) is 52.9 Å². The molecule has 0 amide bonds. The van der Waals surface area contributed by atoms with Gasteiger partial charge >= 0.3 is 5.97 Å². The lowest BCUT2D eigenvalue weighted by Gasteiger charge is -2.21. The molecule has 33 heavy (non-hydrogen) atoms. The second-order valence-corrected chi connectivity index (χ2v) is 8.96. The van der Waals surface area contributed by atoms with Crippen molar-refractivity contribution in [2.45, 2.75) is 12.3 Å². The van der Waals surface area contributed by atoms with E-state index in [2.05, 4.69) is 76.5 Å². The maximum atomic E-state index is 12.6. The Bertz CT molecular complexity index is 1050. The molecule has 0 bridgehead atoms. The zero-order valence-electron chi connectivity index (χ0n) is 19.9. The fourth-order valence-corrected chi connectivity index (χ4v) is 4.37. The van der Waals surface area contributed by atoms with E-state index in [1.54, 1.807) is 0 Å². The van der Waals surface area contributed by atoms with E-state index in [9.17, 15) is 4.79 Å². The molecule has 0 radical (unpaired) electrons. The summed E-state index contributed by atoms with van der Waals surface area (Å²) in [6.45, 7) is 0.491. The molecule has 0 aromatic heterocycles. The molecule has 2 atom stereocenters. The van der Waals surface area contributed by atoms with Crippen LogP contribution in [0.4, 0.5) is 11.4 Å². The monoisotopic (exact) mass is 440 g/mol. The first-order chi connectivity index (χ1) is 15.9. The van der Waals surface area contributed by atoms with Crippen molar-refractivity contribution in [1.29, 1.82) is 0 Å². The summed E-state index contributed by atoms with van der Waals surface area (Å²) >= 11 is 0. The summed E-state index contributed by atoms with van der Waals surface area (Å²) in [5, 5.41) is 0. The van der Waals surface area contributed by atoms with Crippen LogP contribution in [0.15, 0.2) is 84.9 Å². The Hall–Kier alpha value is -3.53. The number of carbonyl (C=O) groups is 1. The molecule has 0 saturated carbocycles. The molecule has 0 spiro atoms. The van der Waals surface area contributed by atoms with Crippen LogP contribution in [0.1, 0.15) is 29.0 Å². The quantitative estimate of drug-likeness (QED) is 0.448. The molecule has 4 rings (SSSR count). The first-order valence-electron chi connectivity index (χ1n) is 11.4. The minimum atomic E-state index is -0.176. The Kier molecular flexibility index (Phi) is 6.83. The van der Waals surface area contributed by atoms with Crippen molar-refractivity contribution in [3.8, 4) is 0 Å². The second kappa shape index (κ2) is 9.95. The first kappa shape index (κ1) is 22.7. The molecule has 0 N–H and O–H groups in total. The van der Waals surface area contributed by atoms with Gasteiger partial charge in [-0.15, -0.1) is 0 Å². The van der Waals surface area contributed by atoms with E-state index in [-0.39, 0.29) is 17.8 Å². The minimum absolute atomic E-state index is 0.0572. The van der Waals surface area contributed by atoms with Crippen LogP contribution in [0.2, 0.25) is 0 Å². The zero-order valence-corrected chi connectivity index (χ0v) is 19.9. The van der Waals surface area contributed by atoms with Crippen LogP contribution in [0.25, 0.3) is 5.57 Å². The number of ether oxygens (including phenoxy) is 1. The number of anilines is 2. The van der Waals surface area contributed by atoms with Crippen LogP contribution < -0.4 is 9.80 Å². The summed E-state index contributed by atoms with van der Waals surface area (Å²) in [4.78, 5) is 16.8. The topological polar surface area (TPSA) is 32.8 Å². The van der Waals surface area contributed by atoms with E-state index < -0.39 is 0 Å². The molecule has 1 aliphatic heterocycles. The number of hydrogen-bond donors (Lipinski definition) is 0. The lowest BCUT2D eigenvalue weighted by molar-refractivity contribution is -0.141. The van der Waals surface area contributed by atoms with E-state index in [4.69, 9.17) is 4.74 Å². The summed E-state index contributed by atoms with van der Waals surface area (Å²) in [5.41, 5.74) is 6.82. The molecule has 1 fully saturated rings. The van der Waals surface area contributed by atoms with Crippen molar-refractivity contribution in [3.05, 3.63) is 102 Å². The van der Waals surface area contributed by atoms with Crippen molar-refractivity contribution in [2.75, 3.05) is 44.6 Å². The van der Waals surface area contributed by atoms with Gasteiger partial charge in [0.15, 0.2) is 0 Å². The van der Waals surface area contributed by atoms with Gasteiger partial charge in [-0.2, -0.15) is 0 Å². The van der Waals surface area contributed by atoms with Gasteiger partial charge in [0, 0.05) is 45.5 Å². The predicted molar refractivity (Wildman–Crippen MR) is 137 cm³/mol. The Morgan fingerprint density at radius 2 is 1.33 bits per heavy atom. The molecular weight excluding hydrogens is 408 g/mol. The van der Waals surface area contributed by atoms with Gasteiger partial charge in [0.25, 0.3) is 0 Å². The standard InChI is InChI=1S/C29H32N2O2/c1-30(2)24-14-10-22(11-15-24)27(23-12-16-25(17-13-23)31(3)4)20-28(21-8-6-5-7-9-21)26-18-19-33-29(26)32/h5-17,20,26,28H,18-19H2,1-4H3. The van der Waals surface area contributed by atoms with E-state index in [1.165, 1.54) is 0 Å². The lowest BCUT2D eigenvalue weighted by atomic mass is 9.81. The average molecular weight is 441 g/mol. The number of benzene rings is 3. The Morgan fingerprint density at radius 3 is 1.76 bits per heavy atom. The SMILES string of the molecule is CN(C)c1ccc(C(=CC(c2ccccc2)C2CCOC2=O)c2ccc(N(C)C)cc2)cc1. The normalized spacial score (nSPS) is 16.1. The Morgan fingerprint density at radius 1 is 0.818 bits per heavy atom. The van der Waals surface area contributed by atoms with Crippen LogP contribution >= 0.6 is 0 Å². The van der Waals surface area contributed by atoms with E-state index in [0.29, 0.717) is 6.61 Å². The van der Waals surface area contributed by atoms with Crippen molar-refractivity contribution >= 4 is 22.9 Å². The van der Waals surface area contributed by atoms with Gasteiger partial charge in [-0.25, -0.2) is 0 Å². The van der Waals surface area contributed by atoms with Gasteiger partial charge in [-0.1, -0.05) is 60.7 Å². The molecule has 1 aliphatic rings. The van der Waals surface area contributed by atoms with Crippen molar-refractivity contribution in [3.63, 3.8) is 0 Å². The number of cyclic esters (lactones) is 1. The molecule has 170 valence electrons. The highest BCUT2D eigenvalue weighted by Gasteiger charge is 2.34. The minimum Gasteiger partial charge on any atom is -0.465 e. The third-order valence-corrected chi connectivity index (χ3v) is 6.33. The largest absolute Gasteiger partial charge is 0.465 e. The number of carbonyl (C=O) groups excluding carboxylic acids is 1. The van der Waals surface area contributed by atoms with E-state index in [1.807, 2.05) is 46.4 Å². The van der Waals surface area contributed by atoms with Gasteiger partial charge < -0.3 is 14.5 Å². The average Bonchev–Trinajstić information content (AvgIpc) is 3.26.